The third-order valence-corrected chi connectivity index (χ3v) is 3.00. The number of anilines is 1. The summed E-state index contributed by atoms with van der Waals surface area (Å²) in [6, 6.07) is 3.89. The average Bonchev–Trinajstić information content (AvgIpc) is 2.94. The van der Waals surface area contributed by atoms with E-state index in [1.807, 2.05) is 0 Å². The number of nitrogens with zero attached hydrogens (tertiary/aromatic N) is 2. The predicted octanol–water partition coefficient (Wildman–Crippen LogP) is 1.69. The Morgan fingerprint density at radius 2 is 2.14 bits per heavy atom. The van der Waals surface area contributed by atoms with Gasteiger partial charge < -0.3 is 15.7 Å². The summed E-state index contributed by atoms with van der Waals surface area (Å²) >= 11 is 0. The van der Waals surface area contributed by atoms with Gasteiger partial charge in [0, 0.05) is 5.69 Å². The first-order valence-electron chi connectivity index (χ1n) is 6.24. The van der Waals surface area contributed by atoms with Crippen molar-refractivity contribution in [1.82, 2.24) is 20.5 Å². The lowest BCUT2D eigenvalue weighted by atomic mass is 10.1. The zero-order chi connectivity index (χ0) is 15.4. The van der Waals surface area contributed by atoms with Gasteiger partial charge in [0.25, 0.3) is 0 Å². The number of carbonyl (C=O) groups excluding carboxylic acids is 1. The molecule has 2 amide bonds. The molecule has 8 heteroatoms. The highest BCUT2D eigenvalue weighted by Gasteiger charge is 2.14. The van der Waals surface area contributed by atoms with Crippen LogP contribution < -0.4 is 10.6 Å². The van der Waals surface area contributed by atoms with E-state index in [0.29, 0.717) is 17.1 Å². The number of aromatic nitrogens is 3. The van der Waals surface area contributed by atoms with Crippen LogP contribution in [0.2, 0.25) is 0 Å². The van der Waals surface area contributed by atoms with E-state index < -0.39 is 12.0 Å². The van der Waals surface area contributed by atoms with Gasteiger partial charge in [-0.1, -0.05) is 6.07 Å². The van der Waals surface area contributed by atoms with E-state index in [1.54, 1.807) is 26.0 Å². The molecule has 1 aromatic carbocycles. The van der Waals surface area contributed by atoms with Crippen molar-refractivity contribution in [3.8, 4) is 0 Å². The lowest BCUT2D eigenvalue weighted by Gasteiger charge is -2.14. The van der Waals surface area contributed by atoms with Crippen molar-refractivity contribution in [1.29, 1.82) is 0 Å². The maximum absolute atomic E-state index is 11.9. The van der Waals surface area contributed by atoms with E-state index in [0.717, 1.165) is 0 Å². The van der Waals surface area contributed by atoms with E-state index in [4.69, 9.17) is 5.11 Å². The monoisotopic (exact) mass is 289 g/mol. The molecule has 1 unspecified atom stereocenters. The number of carboxylic acid groups (broad SMARTS) is 1. The molecule has 1 aromatic heterocycles. The lowest BCUT2D eigenvalue weighted by molar-refractivity contribution is 0.0696. The van der Waals surface area contributed by atoms with Crippen LogP contribution in [0.5, 0.6) is 0 Å². The number of rotatable bonds is 4. The number of aromatic carboxylic acids is 1. The van der Waals surface area contributed by atoms with Crippen LogP contribution in [0.15, 0.2) is 24.5 Å². The van der Waals surface area contributed by atoms with E-state index in [-0.39, 0.29) is 11.6 Å². The van der Waals surface area contributed by atoms with Gasteiger partial charge in [0.15, 0.2) is 0 Å². The van der Waals surface area contributed by atoms with Crippen LogP contribution in [-0.4, -0.2) is 32.3 Å². The fourth-order valence-electron chi connectivity index (χ4n) is 1.85. The third-order valence-electron chi connectivity index (χ3n) is 3.00. The number of hydrogen-bond acceptors (Lipinski definition) is 4. The zero-order valence-corrected chi connectivity index (χ0v) is 11.5. The first-order valence-corrected chi connectivity index (χ1v) is 6.24. The van der Waals surface area contributed by atoms with E-state index in [1.165, 1.54) is 12.4 Å². The molecule has 0 bridgehead atoms. The van der Waals surface area contributed by atoms with Gasteiger partial charge in [-0.25, -0.2) is 14.6 Å². The highest BCUT2D eigenvalue weighted by Crippen LogP contribution is 2.19. The predicted molar refractivity (Wildman–Crippen MR) is 75.1 cm³/mol. The number of amides is 2. The summed E-state index contributed by atoms with van der Waals surface area (Å²) in [4.78, 5) is 26.9. The first-order chi connectivity index (χ1) is 9.99. The number of hydrogen-bond donors (Lipinski definition) is 4. The average molecular weight is 289 g/mol. The maximum Gasteiger partial charge on any atom is 0.336 e. The molecule has 0 aliphatic rings. The van der Waals surface area contributed by atoms with Crippen molar-refractivity contribution in [2.45, 2.75) is 19.9 Å². The molecule has 1 heterocycles. The van der Waals surface area contributed by atoms with Crippen molar-refractivity contribution >= 4 is 17.7 Å². The molecule has 21 heavy (non-hydrogen) atoms. The van der Waals surface area contributed by atoms with Crippen molar-refractivity contribution in [3.63, 3.8) is 0 Å². The van der Waals surface area contributed by atoms with Crippen LogP contribution in [0.25, 0.3) is 0 Å². The second-order valence-electron chi connectivity index (χ2n) is 4.47. The minimum atomic E-state index is -1.04. The van der Waals surface area contributed by atoms with Gasteiger partial charge in [-0.3, -0.25) is 5.10 Å². The second kappa shape index (κ2) is 6.04. The maximum atomic E-state index is 11.9. The van der Waals surface area contributed by atoms with Crippen LogP contribution in [-0.2, 0) is 0 Å². The quantitative estimate of drug-likeness (QED) is 0.682. The molecule has 1 atom stereocenters. The second-order valence-corrected chi connectivity index (χ2v) is 4.47. The SMILES string of the molecule is Cc1c(NC(=O)NC(C)c2ncn[nH]2)cccc1C(=O)O. The molecule has 0 spiro atoms. The van der Waals surface area contributed by atoms with Crippen molar-refractivity contribution in [3.05, 3.63) is 41.5 Å². The summed E-state index contributed by atoms with van der Waals surface area (Å²) in [6.45, 7) is 3.39. The molecule has 0 aliphatic heterocycles. The largest absolute Gasteiger partial charge is 0.478 e. The molecule has 0 aliphatic carbocycles. The summed E-state index contributed by atoms with van der Waals surface area (Å²) in [5.74, 6) is -0.507. The molecule has 2 rings (SSSR count). The third kappa shape index (κ3) is 3.35. The molecule has 2 aromatic rings. The number of H-pyrrole nitrogens is 1. The summed E-state index contributed by atoms with van der Waals surface area (Å²) in [6.07, 6.45) is 1.35. The topological polar surface area (TPSA) is 120 Å². The minimum Gasteiger partial charge on any atom is -0.478 e. The molecule has 4 N–H and O–H groups in total. The van der Waals surface area contributed by atoms with Crippen molar-refractivity contribution in [2.24, 2.45) is 0 Å². The van der Waals surface area contributed by atoms with Gasteiger partial charge >= 0.3 is 12.0 Å². The Kier molecular flexibility index (Phi) is 4.17. The van der Waals surface area contributed by atoms with Crippen LogP contribution in [0.1, 0.15) is 34.7 Å². The van der Waals surface area contributed by atoms with Crippen molar-refractivity contribution in [2.75, 3.05) is 5.32 Å². The smallest absolute Gasteiger partial charge is 0.336 e. The number of carboxylic acids is 1. The zero-order valence-electron chi connectivity index (χ0n) is 11.5. The summed E-state index contributed by atoms with van der Waals surface area (Å²) in [7, 11) is 0. The van der Waals surface area contributed by atoms with Gasteiger partial charge in [0.05, 0.1) is 11.6 Å². The fourth-order valence-corrected chi connectivity index (χ4v) is 1.85. The number of carbonyl (C=O) groups is 2. The van der Waals surface area contributed by atoms with Gasteiger partial charge in [-0.05, 0) is 31.5 Å². The molecule has 0 saturated heterocycles. The van der Waals surface area contributed by atoms with Gasteiger partial charge in [-0.15, -0.1) is 0 Å². The number of nitrogens with one attached hydrogen (secondary N) is 3. The normalized spacial score (nSPS) is 11.7. The van der Waals surface area contributed by atoms with Gasteiger partial charge in [-0.2, -0.15) is 5.10 Å². The Morgan fingerprint density at radius 3 is 2.76 bits per heavy atom. The molecule has 0 fully saturated rings. The van der Waals surface area contributed by atoms with Crippen molar-refractivity contribution < 1.29 is 14.7 Å². The highest BCUT2D eigenvalue weighted by atomic mass is 16.4. The van der Waals surface area contributed by atoms with Crippen LogP contribution >= 0.6 is 0 Å². The van der Waals surface area contributed by atoms with Crippen LogP contribution in [0.3, 0.4) is 0 Å². The van der Waals surface area contributed by atoms with E-state index in [2.05, 4.69) is 25.8 Å². The number of urea groups is 1. The number of aromatic amines is 1. The fraction of sp³-hybridized carbons (Fsp3) is 0.231. The Labute approximate surface area is 120 Å². The Bertz CT molecular complexity index is 654. The Morgan fingerprint density at radius 1 is 1.38 bits per heavy atom. The Hall–Kier alpha value is -2.90. The number of benzene rings is 1. The van der Waals surface area contributed by atoms with E-state index >= 15 is 0 Å². The Balaban J connectivity index is 2.06. The standard InChI is InChI=1S/C13H15N5O3/c1-7-9(12(19)20)4-3-5-10(7)17-13(21)16-8(2)11-14-6-15-18-11/h3-6,8H,1-2H3,(H,19,20)(H,14,15,18)(H2,16,17,21). The summed E-state index contributed by atoms with van der Waals surface area (Å²) < 4.78 is 0. The molecular formula is C13H15N5O3. The molecule has 8 nitrogen and oxygen atoms in total. The molecule has 110 valence electrons. The lowest BCUT2D eigenvalue weighted by Crippen LogP contribution is -2.32. The first kappa shape index (κ1) is 14.5. The molecule has 0 saturated carbocycles. The van der Waals surface area contributed by atoms with Crippen LogP contribution in [0, 0.1) is 6.92 Å². The summed E-state index contributed by atoms with van der Waals surface area (Å²) in [5.41, 5.74) is 1.08. The van der Waals surface area contributed by atoms with Gasteiger partial charge in [0.2, 0.25) is 0 Å². The molecular weight excluding hydrogens is 274 g/mol. The highest BCUT2D eigenvalue weighted by molar-refractivity contribution is 5.95. The van der Waals surface area contributed by atoms with Crippen LogP contribution in [0.4, 0.5) is 10.5 Å². The molecule has 0 radical (unpaired) electrons. The van der Waals surface area contributed by atoms with E-state index in [9.17, 15) is 9.59 Å². The summed E-state index contributed by atoms with van der Waals surface area (Å²) in [5, 5.41) is 20.7. The minimum absolute atomic E-state index is 0.149. The van der Waals surface area contributed by atoms with Gasteiger partial charge in [0.1, 0.15) is 12.2 Å².